The van der Waals surface area contributed by atoms with Crippen LogP contribution in [0.15, 0.2) is 23.7 Å². The highest BCUT2D eigenvalue weighted by Crippen LogP contribution is 2.17. The molecule has 0 radical (unpaired) electrons. The van der Waals surface area contributed by atoms with E-state index in [0.29, 0.717) is 12.1 Å². The lowest BCUT2D eigenvalue weighted by Crippen LogP contribution is -2.29. The number of rotatable bonds is 7. The molecule has 0 saturated carbocycles. The highest BCUT2D eigenvalue weighted by Gasteiger charge is 2.18. The second kappa shape index (κ2) is 8.40. The third-order valence-electron chi connectivity index (χ3n) is 4.26. The third-order valence-corrected chi connectivity index (χ3v) is 5.16. The molecule has 1 atom stereocenters. The number of nitrogens with zero attached hydrogens (tertiary/aromatic N) is 3. The number of aryl methyl sites for hydroxylation is 1. The fourth-order valence-electron chi connectivity index (χ4n) is 2.78. The second-order valence-electron chi connectivity index (χ2n) is 6.19. The van der Waals surface area contributed by atoms with E-state index in [-0.39, 0.29) is 12.0 Å². The number of carbonyl (C=O) groups is 1. The summed E-state index contributed by atoms with van der Waals surface area (Å²) in [5.41, 5.74) is 1.62. The van der Waals surface area contributed by atoms with Crippen molar-refractivity contribution in [1.82, 2.24) is 15.3 Å². The van der Waals surface area contributed by atoms with E-state index in [1.54, 1.807) is 17.5 Å². The molecule has 0 aliphatic carbocycles. The van der Waals surface area contributed by atoms with Gasteiger partial charge in [-0.3, -0.25) is 4.79 Å². The summed E-state index contributed by atoms with van der Waals surface area (Å²) in [5.74, 6) is 0.716. The standard InChI is InChI=1S/C18H24N4O2S/c1-3-14-12-25-17(21-14)10-20-18(23)13-6-7-16(19-9-13)22(2)11-15-5-4-8-24-15/h6-7,9,12,15H,3-5,8,10-11H2,1-2H3,(H,20,23). The Balaban J connectivity index is 1.52. The Kier molecular flexibility index (Phi) is 5.99. The van der Waals surface area contributed by atoms with Crippen molar-refractivity contribution in [2.75, 3.05) is 25.1 Å². The number of aromatic nitrogens is 2. The Hall–Kier alpha value is -1.99. The van der Waals surface area contributed by atoms with Gasteiger partial charge >= 0.3 is 0 Å². The van der Waals surface area contributed by atoms with Gasteiger partial charge in [0, 0.05) is 31.8 Å². The van der Waals surface area contributed by atoms with Gasteiger partial charge in [-0.25, -0.2) is 9.97 Å². The Morgan fingerprint density at radius 1 is 1.48 bits per heavy atom. The normalized spacial score (nSPS) is 16.8. The first-order chi connectivity index (χ1) is 12.2. The molecule has 134 valence electrons. The van der Waals surface area contributed by atoms with Gasteiger partial charge in [-0.2, -0.15) is 0 Å². The topological polar surface area (TPSA) is 67.4 Å². The number of hydrogen-bond donors (Lipinski definition) is 1. The van der Waals surface area contributed by atoms with Gasteiger partial charge in [-0.1, -0.05) is 6.92 Å². The van der Waals surface area contributed by atoms with E-state index in [1.807, 2.05) is 24.6 Å². The van der Waals surface area contributed by atoms with Gasteiger partial charge in [0.2, 0.25) is 0 Å². The number of anilines is 1. The van der Waals surface area contributed by atoms with Gasteiger partial charge in [0.15, 0.2) is 0 Å². The van der Waals surface area contributed by atoms with Crippen molar-refractivity contribution in [1.29, 1.82) is 0 Å². The molecule has 3 heterocycles. The summed E-state index contributed by atoms with van der Waals surface area (Å²) in [4.78, 5) is 23.2. The summed E-state index contributed by atoms with van der Waals surface area (Å²) in [7, 11) is 2.00. The van der Waals surface area contributed by atoms with Gasteiger partial charge in [-0.05, 0) is 31.4 Å². The number of thiazole rings is 1. The number of nitrogens with one attached hydrogen (secondary N) is 1. The molecule has 1 amide bonds. The minimum Gasteiger partial charge on any atom is -0.376 e. The zero-order chi connectivity index (χ0) is 17.6. The number of carbonyl (C=O) groups excluding carboxylic acids is 1. The average Bonchev–Trinajstić information content (AvgIpc) is 3.31. The highest BCUT2D eigenvalue weighted by atomic mass is 32.1. The maximum Gasteiger partial charge on any atom is 0.253 e. The van der Waals surface area contributed by atoms with Gasteiger partial charge in [0.25, 0.3) is 5.91 Å². The molecular formula is C18H24N4O2S. The minimum atomic E-state index is -0.130. The van der Waals surface area contributed by atoms with Crippen molar-refractivity contribution in [2.45, 2.75) is 38.8 Å². The maximum absolute atomic E-state index is 12.2. The van der Waals surface area contributed by atoms with Crippen molar-refractivity contribution >= 4 is 23.1 Å². The van der Waals surface area contributed by atoms with E-state index in [9.17, 15) is 4.79 Å². The van der Waals surface area contributed by atoms with Crippen LogP contribution < -0.4 is 10.2 Å². The van der Waals surface area contributed by atoms with Crippen LogP contribution in [-0.4, -0.2) is 42.2 Å². The molecule has 7 heteroatoms. The molecule has 3 rings (SSSR count). The first kappa shape index (κ1) is 17.8. The lowest BCUT2D eigenvalue weighted by Gasteiger charge is -2.21. The monoisotopic (exact) mass is 360 g/mol. The van der Waals surface area contributed by atoms with Crippen LogP contribution in [0.2, 0.25) is 0 Å². The highest BCUT2D eigenvalue weighted by molar-refractivity contribution is 7.09. The molecule has 2 aromatic heterocycles. The van der Waals surface area contributed by atoms with E-state index in [4.69, 9.17) is 4.74 Å². The predicted octanol–water partition coefficient (Wildman–Crippen LogP) is 2.65. The molecule has 0 bridgehead atoms. The quantitative estimate of drug-likeness (QED) is 0.822. The van der Waals surface area contributed by atoms with Crippen molar-refractivity contribution in [3.8, 4) is 0 Å². The smallest absolute Gasteiger partial charge is 0.253 e. The van der Waals surface area contributed by atoms with E-state index in [0.717, 1.165) is 48.9 Å². The molecule has 1 unspecified atom stereocenters. The van der Waals surface area contributed by atoms with E-state index >= 15 is 0 Å². The molecule has 0 aromatic carbocycles. The van der Waals surface area contributed by atoms with Crippen molar-refractivity contribution in [2.24, 2.45) is 0 Å². The van der Waals surface area contributed by atoms with Gasteiger partial charge in [-0.15, -0.1) is 11.3 Å². The maximum atomic E-state index is 12.2. The van der Waals surface area contributed by atoms with Crippen LogP contribution in [0.25, 0.3) is 0 Å². The molecule has 1 N–H and O–H groups in total. The molecule has 25 heavy (non-hydrogen) atoms. The van der Waals surface area contributed by atoms with Crippen molar-refractivity contribution < 1.29 is 9.53 Å². The summed E-state index contributed by atoms with van der Waals surface area (Å²) >= 11 is 1.57. The molecule has 1 aliphatic rings. The molecule has 0 spiro atoms. The van der Waals surface area contributed by atoms with Crippen molar-refractivity contribution in [3.05, 3.63) is 40.0 Å². The van der Waals surface area contributed by atoms with Gasteiger partial charge in [0.05, 0.1) is 23.9 Å². The fraction of sp³-hybridized carbons (Fsp3) is 0.500. The van der Waals surface area contributed by atoms with E-state index in [2.05, 4.69) is 27.1 Å². The first-order valence-corrected chi connectivity index (χ1v) is 9.54. The van der Waals surface area contributed by atoms with Crippen LogP contribution in [0.4, 0.5) is 5.82 Å². The Labute approximate surface area is 152 Å². The SMILES string of the molecule is CCc1csc(CNC(=O)c2ccc(N(C)CC3CCCO3)nc2)n1. The minimum absolute atomic E-state index is 0.130. The van der Waals surface area contributed by atoms with Crippen LogP contribution in [0.5, 0.6) is 0 Å². The molecule has 1 aliphatic heterocycles. The average molecular weight is 360 g/mol. The number of ether oxygens (including phenoxy) is 1. The lowest BCUT2D eigenvalue weighted by atomic mass is 10.2. The Bertz CT molecular complexity index is 695. The zero-order valence-corrected chi connectivity index (χ0v) is 15.5. The second-order valence-corrected chi connectivity index (χ2v) is 7.13. The third kappa shape index (κ3) is 4.76. The summed E-state index contributed by atoms with van der Waals surface area (Å²) < 4.78 is 5.65. The summed E-state index contributed by atoms with van der Waals surface area (Å²) in [6.45, 7) is 4.19. The molecule has 1 fully saturated rings. The summed E-state index contributed by atoms with van der Waals surface area (Å²) in [6, 6.07) is 3.69. The Morgan fingerprint density at radius 2 is 2.36 bits per heavy atom. The number of amides is 1. The van der Waals surface area contributed by atoms with Crippen LogP contribution in [-0.2, 0) is 17.7 Å². The molecular weight excluding hydrogens is 336 g/mol. The van der Waals surface area contributed by atoms with Crippen LogP contribution in [0, 0.1) is 0 Å². The largest absolute Gasteiger partial charge is 0.376 e. The van der Waals surface area contributed by atoms with Crippen LogP contribution in [0.1, 0.15) is 40.8 Å². The fourth-order valence-corrected chi connectivity index (χ4v) is 3.60. The zero-order valence-electron chi connectivity index (χ0n) is 14.7. The molecule has 1 saturated heterocycles. The summed E-state index contributed by atoms with van der Waals surface area (Å²) in [5, 5.41) is 5.85. The number of hydrogen-bond acceptors (Lipinski definition) is 6. The Morgan fingerprint density at radius 3 is 3.00 bits per heavy atom. The van der Waals surface area contributed by atoms with E-state index < -0.39 is 0 Å². The van der Waals surface area contributed by atoms with Crippen molar-refractivity contribution in [3.63, 3.8) is 0 Å². The predicted molar refractivity (Wildman–Crippen MR) is 99.1 cm³/mol. The molecule has 2 aromatic rings. The van der Waals surface area contributed by atoms with Gasteiger partial charge < -0.3 is 15.0 Å². The van der Waals surface area contributed by atoms with Crippen LogP contribution >= 0.6 is 11.3 Å². The van der Waals surface area contributed by atoms with Crippen LogP contribution in [0.3, 0.4) is 0 Å². The van der Waals surface area contributed by atoms with E-state index in [1.165, 1.54) is 0 Å². The lowest BCUT2D eigenvalue weighted by molar-refractivity contribution is 0.0950. The van der Waals surface area contributed by atoms with Gasteiger partial charge in [0.1, 0.15) is 10.8 Å². The molecule has 6 nitrogen and oxygen atoms in total. The first-order valence-electron chi connectivity index (χ1n) is 8.66. The number of pyridine rings is 1. The summed E-state index contributed by atoms with van der Waals surface area (Å²) in [6.07, 6.45) is 5.04. The number of likely N-dealkylation sites (N-methyl/N-ethyl adjacent to an activating group) is 1.